The Morgan fingerprint density at radius 3 is 2.43 bits per heavy atom. The average molecular weight is 532 g/mol. The van der Waals surface area contributed by atoms with E-state index in [0.717, 1.165) is 5.56 Å². The molecule has 1 amide bonds. The number of carboxylic acids is 1. The van der Waals surface area contributed by atoms with Gasteiger partial charge in [0.1, 0.15) is 6.04 Å². The molecule has 37 heavy (non-hydrogen) atoms. The number of benzene rings is 3. The highest BCUT2D eigenvalue weighted by Crippen LogP contribution is 2.37. The van der Waals surface area contributed by atoms with Gasteiger partial charge in [0.2, 0.25) is 11.1 Å². The molecule has 0 bridgehead atoms. The van der Waals surface area contributed by atoms with Crippen LogP contribution < -0.4 is 10.6 Å². The number of aromatic carboxylic acids is 1. The smallest absolute Gasteiger partial charge is 0.335 e. The Bertz CT molecular complexity index is 1480. The fourth-order valence-electron chi connectivity index (χ4n) is 4.05. The molecular formula is C27H22ClN5O3S. The summed E-state index contributed by atoms with van der Waals surface area (Å²) < 4.78 is 1.67. The molecule has 0 fully saturated rings. The third-order valence-corrected chi connectivity index (χ3v) is 7.02. The Labute approximate surface area is 222 Å². The van der Waals surface area contributed by atoms with E-state index in [-0.39, 0.29) is 11.5 Å². The number of halogens is 1. The maximum absolute atomic E-state index is 13.5. The second-order valence-electron chi connectivity index (χ2n) is 8.39. The fourth-order valence-corrected chi connectivity index (χ4v) is 4.96. The number of aromatic nitrogens is 3. The summed E-state index contributed by atoms with van der Waals surface area (Å²) in [7, 11) is 0. The summed E-state index contributed by atoms with van der Waals surface area (Å²) in [5.74, 6) is -0.167. The van der Waals surface area contributed by atoms with Crippen molar-refractivity contribution in [1.82, 2.24) is 14.8 Å². The quantitative estimate of drug-likeness (QED) is 0.257. The number of carboxylic acid groups (broad SMARTS) is 1. The molecule has 0 radical (unpaired) electrons. The van der Waals surface area contributed by atoms with Crippen LogP contribution in [0.5, 0.6) is 0 Å². The largest absolute Gasteiger partial charge is 0.478 e. The van der Waals surface area contributed by atoms with Gasteiger partial charge in [0.15, 0.2) is 0 Å². The number of anilines is 2. The predicted octanol–water partition coefficient (Wildman–Crippen LogP) is 5.85. The molecule has 10 heteroatoms. The van der Waals surface area contributed by atoms with Gasteiger partial charge < -0.3 is 15.7 Å². The number of rotatable bonds is 7. The SMILES string of the molecule is CC1=C(C(=O)Nc2ccccc2)[C@H](c2ccc(C(=O)O)cc2)n2nc(SCc3ccc(Cl)cc3)nc2N1. The van der Waals surface area contributed by atoms with Crippen molar-refractivity contribution in [2.45, 2.75) is 23.9 Å². The van der Waals surface area contributed by atoms with E-state index in [9.17, 15) is 14.7 Å². The summed E-state index contributed by atoms with van der Waals surface area (Å²) in [6, 6.07) is 22.6. The molecule has 1 aromatic heterocycles. The van der Waals surface area contributed by atoms with Crippen LogP contribution in [0.15, 0.2) is 95.3 Å². The maximum atomic E-state index is 13.5. The molecule has 1 aliphatic rings. The number of amides is 1. The van der Waals surface area contributed by atoms with E-state index >= 15 is 0 Å². The Morgan fingerprint density at radius 1 is 1.05 bits per heavy atom. The highest BCUT2D eigenvalue weighted by molar-refractivity contribution is 7.98. The van der Waals surface area contributed by atoms with Crippen molar-refractivity contribution in [3.05, 3.63) is 112 Å². The molecule has 0 spiro atoms. The molecule has 8 nitrogen and oxygen atoms in total. The number of hydrogen-bond donors (Lipinski definition) is 3. The molecule has 3 aromatic carbocycles. The lowest BCUT2D eigenvalue weighted by Crippen LogP contribution is -2.31. The van der Waals surface area contributed by atoms with E-state index in [2.05, 4.69) is 15.6 Å². The van der Waals surface area contributed by atoms with E-state index in [1.165, 1.54) is 23.9 Å². The van der Waals surface area contributed by atoms with E-state index in [1.807, 2.05) is 61.5 Å². The number of nitrogens with zero attached hydrogens (tertiary/aromatic N) is 3. The number of carbonyl (C=O) groups excluding carboxylic acids is 1. The summed E-state index contributed by atoms with van der Waals surface area (Å²) >= 11 is 7.46. The van der Waals surface area contributed by atoms with Crippen LogP contribution in [-0.4, -0.2) is 31.7 Å². The van der Waals surface area contributed by atoms with Crippen LogP contribution in [0, 0.1) is 0 Å². The Morgan fingerprint density at radius 2 is 1.76 bits per heavy atom. The lowest BCUT2D eigenvalue weighted by molar-refractivity contribution is -0.113. The third kappa shape index (κ3) is 5.37. The van der Waals surface area contributed by atoms with E-state index < -0.39 is 12.0 Å². The summed E-state index contributed by atoms with van der Waals surface area (Å²) in [6.45, 7) is 1.82. The minimum atomic E-state index is -1.02. The van der Waals surface area contributed by atoms with Gasteiger partial charge in [-0.1, -0.05) is 65.8 Å². The average Bonchev–Trinajstić information content (AvgIpc) is 3.30. The summed E-state index contributed by atoms with van der Waals surface area (Å²) in [6.07, 6.45) is 0. The van der Waals surface area contributed by atoms with Crippen molar-refractivity contribution >= 4 is 46.9 Å². The van der Waals surface area contributed by atoms with Crippen molar-refractivity contribution < 1.29 is 14.7 Å². The van der Waals surface area contributed by atoms with Gasteiger partial charge >= 0.3 is 5.97 Å². The van der Waals surface area contributed by atoms with Crippen LogP contribution in [0.4, 0.5) is 11.6 Å². The topological polar surface area (TPSA) is 109 Å². The van der Waals surface area contributed by atoms with Gasteiger partial charge in [-0.15, -0.1) is 5.10 Å². The number of hydrogen-bond acceptors (Lipinski definition) is 6. The minimum absolute atomic E-state index is 0.159. The molecule has 3 N–H and O–H groups in total. The molecule has 0 saturated heterocycles. The summed E-state index contributed by atoms with van der Waals surface area (Å²) in [4.78, 5) is 29.6. The standard InChI is InChI=1S/C27H22ClN5O3S/c1-16-22(24(34)30-21-5-3-2-4-6-21)23(18-9-11-19(12-10-18)25(35)36)33-26(29-16)31-27(32-33)37-15-17-7-13-20(28)14-8-17/h2-14,23H,15H2,1H3,(H,30,34)(H,35,36)(H,29,31,32)/t23-/m0/s1. The second-order valence-corrected chi connectivity index (χ2v) is 9.77. The van der Waals surface area contributed by atoms with Gasteiger partial charge in [0.25, 0.3) is 5.91 Å². The van der Waals surface area contributed by atoms with E-state index in [4.69, 9.17) is 16.7 Å². The van der Waals surface area contributed by atoms with Gasteiger partial charge in [0.05, 0.1) is 11.1 Å². The monoisotopic (exact) mass is 531 g/mol. The van der Waals surface area contributed by atoms with Crippen molar-refractivity contribution in [2.24, 2.45) is 0 Å². The number of nitrogens with one attached hydrogen (secondary N) is 2. The number of allylic oxidation sites excluding steroid dienone is 1. The van der Waals surface area contributed by atoms with E-state index in [0.29, 0.717) is 44.4 Å². The van der Waals surface area contributed by atoms with Crippen molar-refractivity contribution in [3.8, 4) is 0 Å². The Kier molecular flexibility index (Phi) is 6.98. The number of thioether (sulfide) groups is 1. The lowest BCUT2D eigenvalue weighted by Gasteiger charge is -2.28. The maximum Gasteiger partial charge on any atom is 0.335 e. The first kappa shape index (κ1) is 24.6. The zero-order chi connectivity index (χ0) is 25.9. The van der Waals surface area contributed by atoms with Crippen LogP contribution in [-0.2, 0) is 10.5 Å². The minimum Gasteiger partial charge on any atom is -0.478 e. The van der Waals surface area contributed by atoms with Crippen LogP contribution in [0.3, 0.4) is 0 Å². The van der Waals surface area contributed by atoms with Crippen molar-refractivity contribution in [3.63, 3.8) is 0 Å². The van der Waals surface area contributed by atoms with Crippen LogP contribution >= 0.6 is 23.4 Å². The molecule has 5 rings (SSSR count). The lowest BCUT2D eigenvalue weighted by atomic mass is 9.94. The molecule has 4 aromatic rings. The van der Waals surface area contributed by atoms with Crippen molar-refractivity contribution in [2.75, 3.05) is 10.6 Å². The van der Waals surface area contributed by atoms with Crippen LogP contribution in [0.2, 0.25) is 5.02 Å². The summed E-state index contributed by atoms with van der Waals surface area (Å²) in [5.41, 5.74) is 3.70. The highest BCUT2D eigenvalue weighted by Gasteiger charge is 2.34. The fraction of sp³-hybridized carbons (Fsp3) is 0.111. The van der Waals surface area contributed by atoms with Gasteiger partial charge in [0, 0.05) is 22.2 Å². The summed E-state index contributed by atoms with van der Waals surface area (Å²) in [5, 5.41) is 21.4. The Hall–Kier alpha value is -4.08. The van der Waals surface area contributed by atoms with Crippen molar-refractivity contribution in [1.29, 1.82) is 0 Å². The van der Waals surface area contributed by atoms with Gasteiger partial charge in [-0.2, -0.15) is 4.98 Å². The molecule has 0 unspecified atom stereocenters. The molecule has 1 atom stereocenters. The Balaban J connectivity index is 1.49. The molecular weight excluding hydrogens is 510 g/mol. The zero-order valence-corrected chi connectivity index (χ0v) is 21.3. The molecule has 0 aliphatic carbocycles. The molecule has 2 heterocycles. The first-order valence-corrected chi connectivity index (χ1v) is 12.8. The normalized spacial score (nSPS) is 14.6. The first-order valence-electron chi connectivity index (χ1n) is 11.4. The highest BCUT2D eigenvalue weighted by atomic mass is 35.5. The molecule has 1 aliphatic heterocycles. The molecule has 186 valence electrons. The van der Waals surface area contributed by atoms with E-state index in [1.54, 1.807) is 16.8 Å². The third-order valence-electron chi connectivity index (χ3n) is 5.86. The van der Waals surface area contributed by atoms with Gasteiger partial charge in [-0.3, -0.25) is 4.79 Å². The number of carbonyl (C=O) groups is 2. The first-order chi connectivity index (χ1) is 17.9. The number of fused-ring (bicyclic) bond motifs is 1. The number of para-hydroxylation sites is 1. The zero-order valence-electron chi connectivity index (χ0n) is 19.7. The van der Waals surface area contributed by atoms with Gasteiger partial charge in [-0.25, -0.2) is 9.48 Å². The predicted molar refractivity (Wildman–Crippen MR) is 144 cm³/mol. The second kappa shape index (κ2) is 10.5. The van der Waals surface area contributed by atoms with Crippen LogP contribution in [0.1, 0.15) is 34.5 Å². The van der Waals surface area contributed by atoms with Gasteiger partial charge in [-0.05, 0) is 54.4 Å². The molecule has 0 saturated carbocycles. The van der Waals surface area contributed by atoms with Crippen LogP contribution in [0.25, 0.3) is 0 Å².